The summed E-state index contributed by atoms with van der Waals surface area (Å²) in [5, 5.41) is 0. The van der Waals surface area contributed by atoms with E-state index in [1.165, 1.54) is 0 Å². The standard InChI is InChI=1S/2Fe.Li.2Mn.3H3O4P/c;;;;;3*1-5(2,3)4/h;;;;;3*(H3,1,2,3,4)/q2*+2;+1;2*+2;;;/p-9. The van der Waals surface area contributed by atoms with Gasteiger partial charge in [-0.1, -0.05) is 0 Å². The Morgan fingerprint density at radius 2 is 0.450 bits per heavy atom. The Labute approximate surface area is 167 Å². The van der Waals surface area contributed by atoms with E-state index < -0.39 is 23.5 Å². The maximum Gasteiger partial charge on any atom is 2.00 e. The molecule has 0 aliphatic heterocycles. The average molecular weight is 513 g/mol. The molecule has 0 aromatic rings. The molecular formula is Fe2LiMn2O12P3. The number of rotatable bonds is 0. The molecule has 0 atom stereocenters. The van der Waals surface area contributed by atoms with Gasteiger partial charge in [0, 0.05) is 0 Å². The van der Waals surface area contributed by atoms with E-state index in [0.29, 0.717) is 0 Å². The largest absolute Gasteiger partial charge is 2.00 e. The third-order valence-corrected chi connectivity index (χ3v) is 0. The molecule has 12 nitrogen and oxygen atoms in total. The van der Waals surface area contributed by atoms with Crippen LogP contribution in [0.2, 0.25) is 0 Å². The minimum absolute atomic E-state index is 0. The summed E-state index contributed by atoms with van der Waals surface area (Å²) >= 11 is 0. The Kier molecular flexibility index (Phi) is 54.4. The molecular weight excluding hydrogens is 513 g/mol. The summed E-state index contributed by atoms with van der Waals surface area (Å²) in [5.74, 6) is 0. The van der Waals surface area contributed by atoms with Crippen molar-refractivity contribution in [3.63, 3.8) is 0 Å². The van der Waals surface area contributed by atoms with Crippen LogP contribution in [-0.2, 0) is 82.0 Å². The first-order valence-corrected chi connectivity index (χ1v) is 6.57. The van der Waals surface area contributed by atoms with Gasteiger partial charge in [-0.3, -0.25) is 0 Å². The number of hydrogen-bond donors (Lipinski definition) is 0. The van der Waals surface area contributed by atoms with Crippen LogP contribution >= 0.6 is 23.5 Å². The smallest absolute Gasteiger partial charge is 0.822 e. The fraction of sp³-hybridized carbons (Fsp3) is 0. The Balaban J connectivity index is -0.0000000160. The summed E-state index contributed by atoms with van der Waals surface area (Å²) in [6.07, 6.45) is 0. The van der Waals surface area contributed by atoms with Gasteiger partial charge in [0.1, 0.15) is 0 Å². The Bertz CT molecular complexity index is 221. The van der Waals surface area contributed by atoms with Gasteiger partial charge in [-0.15, -0.1) is 0 Å². The Morgan fingerprint density at radius 1 is 0.450 bits per heavy atom. The first-order chi connectivity index (χ1) is 6.00. The first-order valence-electron chi connectivity index (χ1n) is 2.19. The quantitative estimate of drug-likeness (QED) is 0.216. The molecule has 0 aliphatic carbocycles. The SMILES string of the molecule is O=P([O-])([O-])[O-].O=P([O-])([O-])[O-].O=P([O-])([O-])[O-].[Fe+2].[Fe+2].[Li+].[Mn+2].[Mn+2]. The summed E-state index contributed by atoms with van der Waals surface area (Å²) in [6.45, 7) is 0. The Morgan fingerprint density at radius 3 is 0.450 bits per heavy atom. The maximum absolute atomic E-state index is 8.55. The molecule has 0 heterocycles. The second-order valence-electron chi connectivity index (χ2n) is 1.34. The van der Waals surface area contributed by atoms with E-state index in [2.05, 4.69) is 0 Å². The second kappa shape index (κ2) is 22.0. The molecule has 20 heavy (non-hydrogen) atoms. The summed E-state index contributed by atoms with van der Waals surface area (Å²) in [4.78, 5) is 76.9. The first kappa shape index (κ1) is 49.5. The van der Waals surface area contributed by atoms with E-state index in [4.69, 9.17) is 57.7 Å². The molecule has 0 amide bonds. The monoisotopic (exact) mass is 514 g/mol. The van der Waals surface area contributed by atoms with Crippen molar-refractivity contribution in [2.75, 3.05) is 0 Å². The van der Waals surface area contributed by atoms with Crippen molar-refractivity contribution in [2.45, 2.75) is 0 Å². The van der Waals surface area contributed by atoms with Gasteiger partial charge in [-0.25, -0.2) is 0 Å². The van der Waals surface area contributed by atoms with Crippen LogP contribution in [0.1, 0.15) is 0 Å². The van der Waals surface area contributed by atoms with Crippen LogP contribution in [0.3, 0.4) is 0 Å². The molecule has 0 aromatic heterocycles. The van der Waals surface area contributed by atoms with Gasteiger partial charge in [-0.05, 0) is 0 Å². The molecule has 0 bridgehead atoms. The summed E-state index contributed by atoms with van der Waals surface area (Å²) in [6, 6.07) is 0. The molecule has 0 N–H and O–H groups in total. The van der Waals surface area contributed by atoms with Crippen LogP contribution in [-0.4, -0.2) is 0 Å². The zero-order valence-corrected chi connectivity index (χ0v) is 16.0. The molecule has 0 rings (SSSR count). The van der Waals surface area contributed by atoms with E-state index in [0.717, 1.165) is 0 Å². The predicted molar refractivity (Wildman–Crippen MR) is 22.8 cm³/mol. The molecule has 0 spiro atoms. The fourth-order valence-corrected chi connectivity index (χ4v) is 0. The molecule has 20 heteroatoms. The minimum Gasteiger partial charge on any atom is -0.822 e. The van der Waals surface area contributed by atoms with Crippen LogP contribution in [0.4, 0.5) is 0 Å². The van der Waals surface area contributed by atoms with Crippen molar-refractivity contribution in [1.29, 1.82) is 0 Å². The third kappa shape index (κ3) is 931. The van der Waals surface area contributed by atoms with Gasteiger partial charge in [0.2, 0.25) is 0 Å². The normalized spacial score (nSPS) is 8.85. The average Bonchev–Trinajstić information content (AvgIpc) is 1.41. The Hall–Kier alpha value is 3.01. The van der Waals surface area contributed by atoms with Crippen molar-refractivity contribution in [3.8, 4) is 0 Å². The van der Waals surface area contributed by atoms with E-state index in [-0.39, 0.29) is 87.1 Å². The maximum atomic E-state index is 8.55. The molecule has 0 unspecified atom stereocenters. The van der Waals surface area contributed by atoms with Gasteiger partial charge in [-0.2, -0.15) is 23.5 Å². The van der Waals surface area contributed by atoms with Gasteiger partial charge in [0.05, 0.1) is 0 Å². The van der Waals surface area contributed by atoms with Gasteiger partial charge in [0.25, 0.3) is 0 Å². The van der Waals surface area contributed by atoms with E-state index >= 15 is 0 Å². The van der Waals surface area contributed by atoms with Crippen LogP contribution in [0.5, 0.6) is 0 Å². The van der Waals surface area contributed by atoms with Crippen molar-refractivity contribution in [3.05, 3.63) is 0 Å². The van der Waals surface area contributed by atoms with Gasteiger partial charge < -0.3 is 57.7 Å². The van der Waals surface area contributed by atoms with Gasteiger partial charge >= 0.3 is 87.1 Å². The van der Waals surface area contributed by atoms with Crippen molar-refractivity contribution in [2.24, 2.45) is 0 Å². The fourth-order valence-electron chi connectivity index (χ4n) is 0. The van der Waals surface area contributed by atoms with Crippen LogP contribution < -0.4 is 62.9 Å². The van der Waals surface area contributed by atoms with Crippen LogP contribution in [0.15, 0.2) is 0 Å². The third-order valence-electron chi connectivity index (χ3n) is 0. The van der Waals surface area contributed by atoms with E-state index in [9.17, 15) is 0 Å². The molecule has 0 aromatic carbocycles. The van der Waals surface area contributed by atoms with E-state index in [1.54, 1.807) is 0 Å². The number of phosphoric acid groups is 3. The van der Waals surface area contributed by atoms with Gasteiger partial charge in [0.15, 0.2) is 0 Å². The second-order valence-corrected chi connectivity index (χ2v) is 4.02. The molecule has 0 saturated heterocycles. The molecule has 118 valence electrons. The van der Waals surface area contributed by atoms with Crippen molar-refractivity contribution < 1.29 is 145 Å². The number of hydrogen-bond acceptors (Lipinski definition) is 12. The minimum atomic E-state index is -5.39. The summed E-state index contributed by atoms with van der Waals surface area (Å²) < 4.78 is 25.6. The van der Waals surface area contributed by atoms with Crippen molar-refractivity contribution in [1.82, 2.24) is 0 Å². The predicted octanol–water partition coefficient (Wildman–Crippen LogP) is -11.5. The zero-order valence-electron chi connectivity index (χ0n) is 8.70. The topological polar surface area (TPSA) is 259 Å². The molecule has 0 saturated carbocycles. The van der Waals surface area contributed by atoms with Crippen LogP contribution in [0.25, 0.3) is 0 Å². The zero-order chi connectivity index (χ0) is 13.5. The molecule has 2 radical (unpaired) electrons. The molecule has 0 aliphatic rings. The van der Waals surface area contributed by atoms with Crippen LogP contribution in [0, 0.1) is 0 Å². The van der Waals surface area contributed by atoms with E-state index in [1.807, 2.05) is 0 Å². The summed E-state index contributed by atoms with van der Waals surface area (Å²) in [7, 11) is -16.2. The molecule has 0 fully saturated rings. The van der Waals surface area contributed by atoms with Crippen molar-refractivity contribution >= 4 is 23.5 Å². The summed E-state index contributed by atoms with van der Waals surface area (Å²) in [5.41, 5.74) is 0.